The number of anilines is 2. The minimum atomic E-state index is -2.49. The molecule has 10 nitrogen and oxygen atoms in total. The molecule has 2 aromatic carbocycles. The van der Waals surface area contributed by atoms with Crippen molar-refractivity contribution in [3.05, 3.63) is 71.3 Å². The summed E-state index contributed by atoms with van der Waals surface area (Å²) in [5.41, 5.74) is 3.13. The van der Waals surface area contributed by atoms with E-state index in [1.165, 1.54) is 16.3 Å². The topological polar surface area (TPSA) is 109 Å². The third-order valence-corrected chi connectivity index (χ3v) is 16.2. The SMILES string of the molecule is COc1ccc([Si](C)(C)[C@H]2[C@H](CC(=O)N3CCC[C@H]3CO)O[C@@]3(C(=O)N(C/C=C(\C)CCC=C(C)C)c4ccc(N5CCOC5=O)cc43)[C@@H]2C)cc1. The summed E-state index contributed by atoms with van der Waals surface area (Å²) in [6.07, 6.45) is 6.95. The maximum absolute atomic E-state index is 15.2. The molecule has 0 radical (unpaired) electrons. The summed E-state index contributed by atoms with van der Waals surface area (Å²) in [5.74, 6) is 0.269. The van der Waals surface area contributed by atoms with E-state index < -0.39 is 25.9 Å². The fourth-order valence-electron chi connectivity index (χ4n) is 9.06. The Morgan fingerprint density at radius 3 is 2.48 bits per heavy atom. The summed E-state index contributed by atoms with van der Waals surface area (Å²) in [4.78, 5) is 47.3. The molecule has 3 saturated heterocycles. The van der Waals surface area contributed by atoms with Crippen molar-refractivity contribution in [2.24, 2.45) is 5.92 Å². The summed E-state index contributed by atoms with van der Waals surface area (Å²) in [6, 6.07) is 13.7. The normalized spacial score (nSPS) is 26.0. The van der Waals surface area contributed by atoms with Crippen LogP contribution in [0.1, 0.15) is 65.4 Å². The van der Waals surface area contributed by atoms with Gasteiger partial charge in [0.05, 0.1) is 52.6 Å². The van der Waals surface area contributed by atoms with E-state index in [1.54, 1.807) is 16.9 Å². The van der Waals surface area contributed by atoms with Crippen molar-refractivity contribution < 1.29 is 33.7 Å². The first-order valence-electron chi connectivity index (χ1n) is 18.8. The molecule has 0 unspecified atom stereocenters. The van der Waals surface area contributed by atoms with Gasteiger partial charge in [-0.15, -0.1) is 0 Å². The molecular weight excluding hydrogens is 675 g/mol. The Kier molecular flexibility index (Phi) is 11.1. The van der Waals surface area contributed by atoms with E-state index in [0.717, 1.165) is 42.7 Å². The minimum Gasteiger partial charge on any atom is -0.497 e. The predicted octanol–water partition coefficient (Wildman–Crippen LogP) is 6.28. The highest BCUT2D eigenvalue weighted by Gasteiger charge is 2.66. The Balaban J connectivity index is 1.44. The number of hydrogen-bond acceptors (Lipinski definition) is 7. The van der Waals surface area contributed by atoms with Crippen molar-refractivity contribution in [3.63, 3.8) is 0 Å². The molecule has 0 bridgehead atoms. The Morgan fingerprint density at radius 2 is 1.83 bits per heavy atom. The number of methoxy groups -OCH3 is 1. The van der Waals surface area contributed by atoms with Gasteiger partial charge in [0.2, 0.25) is 5.91 Å². The van der Waals surface area contributed by atoms with Gasteiger partial charge >= 0.3 is 6.09 Å². The number of allylic oxidation sites excluding steroid dienone is 3. The van der Waals surface area contributed by atoms with Crippen LogP contribution in [-0.2, 0) is 24.7 Å². The van der Waals surface area contributed by atoms with Gasteiger partial charge < -0.3 is 29.1 Å². The molecule has 280 valence electrons. The molecule has 4 aliphatic heterocycles. The predicted molar refractivity (Wildman–Crippen MR) is 206 cm³/mol. The number of benzene rings is 2. The maximum atomic E-state index is 15.2. The van der Waals surface area contributed by atoms with E-state index in [1.807, 2.05) is 35.2 Å². The van der Waals surface area contributed by atoms with Crippen LogP contribution in [-0.4, -0.2) is 88.1 Å². The zero-order valence-electron chi connectivity index (χ0n) is 31.8. The fourth-order valence-corrected chi connectivity index (χ4v) is 13.1. The number of cyclic esters (lactones) is 1. The van der Waals surface area contributed by atoms with Gasteiger partial charge in [-0.25, -0.2) is 4.79 Å². The van der Waals surface area contributed by atoms with Crippen molar-refractivity contribution >= 4 is 42.5 Å². The van der Waals surface area contributed by atoms with Gasteiger partial charge in [0.25, 0.3) is 5.91 Å². The van der Waals surface area contributed by atoms with E-state index in [-0.39, 0.29) is 42.3 Å². The van der Waals surface area contributed by atoms with Gasteiger partial charge in [0.15, 0.2) is 5.60 Å². The van der Waals surface area contributed by atoms with Crippen LogP contribution in [0.2, 0.25) is 18.6 Å². The molecule has 2 aromatic rings. The van der Waals surface area contributed by atoms with Crippen LogP contribution < -0.4 is 19.7 Å². The van der Waals surface area contributed by atoms with Crippen LogP contribution in [0.25, 0.3) is 0 Å². The number of carbonyl (C=O) groups excluding carboxylic acids is 3. The zero-order valence-corrected chi connectivity index (χ0v) is 32.8. The third-order valence-electron chi connectivity index (χ3n) is 11.9. The number of carbonyl (C=O) groups is 3. The quantitative estimate of drug-likeness (QED) is 0.202. The lowest BCUT2D eigenvalue weighted by atomic mass is 9.82. The third kappa shape index (κ3) is 6.83. The lowest BCUT2D eigenvalue weighted by Gasteiger charge is -2.37. The first kappa shape index (κ1) is 37.8. The number of likely N-dealkylation sites (tertiary alicyclic amines) is 1. The van der Waals surface area contributed by atoms with E-state index in [0.29, 0.717) is 31.9 Å². The van der Waals surface area contributed by atoms with Crippen molar-refractivity contribution in [1.82, 2.24) is 4.90 Å². The molecule has 1 spiro atoms. The molecule has 4 heterocycles. The van der Waals surface area contributed by atoms with Gasteiger partial charge in [-0.2, -0.15) is 0 Å². The van der Waals surface area contributed by atoms with E-state index in [2.05, 4.69) is 65.1 Å². The summed E-state index contributed by atoms with van der Waals surface area (Å²) < 4.78 is 18.0. The van der Waals surface area contributed by atoms with Gasteiger partial charge in [-0.05, 0) is 82.3 Å². The average Bonchev–Trinajstić information content (AvgIpc) is 3.89. The first-order chi connectivity index (χ1) is 24.8. The molecule has 0 aliphatic carbocycles. The van der Waals surface area contributed by atoms with Crippen molar-refractivity contribution in [1.29, 1.82) is 0 Å². The largest absolute Gasteiger partial charge is 0.497 e. The molecule has 5 atom stereocenters. The highest BCUT2D eigenvalue weighted by atomic mass is 28.3. The average molecular weight is 730 g/mol. The molecule has 6 rings (SSSR count). The summed E-state index contributed by atoms with van der Waals surface area (Å²) in [7, 11) is -0.839. The van der Waals surface area contributed by atoms with Gasteiger partial charge in [0, 0.05) is 30.3 Å². The van der Waals surface area contributed by atoms with E-state index in [4.69, 9.17) is 14.2 Å². The second-order valence-corrected chi connectivity index (χ2v) is 20.4. The van der Waals surface area contributed by atoms with Crippen molar-refractivity contribution in [2.45, 2.75) is 96.2 Å². The van der Waals surface area contributed by atoms with Crippen LogP contribution in [0.5, 0.6) is 5.75 Å². The van der Waals surface area contributed by atoms with Gasteiger partial charge in [0.1, 0.15) is 12.4 Å². The first-order valence-corrected chi connectivity index (χ1v) is 21.8. The summed E-state index contributed by atoms with van der Waals surface area (Å²) >= 11 is 0. The van der Waals surface area contributed by atoms with Crippen molar-refractivity contribution in [2.75, 3.05) is 49.8 Å². The Bertz CT molecular complexity index is 1740. The standard InChI is InChI=1S/C41H55N3O7Si/c1-27(2)10-8-11-28(3)19-21-44-35-18-13-30(43-22-23-50-40(43)48)24-34(35)41(39(44)47)29(4)38(52(6,7)33-16-14-32(49-5)15-17-33)36(51-41)25-37(46)42-20-9-12-31(42)26-45/h10,13-19,24,29,31,36,38,45H,8-9,11-12,20-23,25-26H2,1-7H3/b28-19+/t29-,31+,36+,38-,41+/m1/s1. The molecule has 3 amide bonds. The van der Waals surface area contributed by atoms with E-state index in [9.17, 15) is 14.7 Å². The second kappa shape index (κ2) is 15.2. The Morgan fingerprint density at radius 1 is 1.08 bits per heavy atom. The van der Waals surface area contributed by atoms with E-state index >= 15 is 4.79 Å². The highest BCUT2D eigenvalue weighted by Crippen LogP contribution is 2.60. The molecule has 0 saturated carbocycles. The number of ether oxygens (including phenoxy) is 3. The van der Waals surface area contributed by atoms with Crippen LogP contribution in [0.4, 0.5) is 16.2 Å². The molecule has 4 aliphatic rings. The molecule has 0 aromatic heterocycles. The molecule has 3 fully saturated rings. The van der Waals surface area contributed by atoms with Crippen LogP contribution >= 0.6 is 0 Å². The van der Waals surface area contributed by atoms with Crippen molar-refractivity contribution in [3.8, 4) is 5.75 Å². The second-order valence-electron chi connectivity index (χ2n) is 15.7. The fraction of sp³-hybridized carbons (Fsp3) is 0.537. The Labute approximate surface area is 309 Å². The smallest absolute Gasteiger partial charge is 0.414 e. The molecular formula is C41H55N3O7Si. The summed E-state index contributed by atoms with van der Waals surface area (Å²) in [5, 5.41) is 11.3. The van der Waals surface area contributed by atoms with Crippen LogP contribution in [0, 0.1) is 5.92 Å². The maximum Gasteiger partial charge on any atom is 0.414 e. The molecule has 52 heavy (non-hydrogen) atoms. The lowest BCUT2D eigenvalue weighted by Crippen LogP contribution is -2.52. The number of aliphatic hydroxyl groups excluding tert-OH is 1. The number of fused-ring (bicyclic) bond motifs is 2. The number of hydrogen-bond donors (Lipinski definition) is 1. The van der Waals surface area contributed by atoms with Crippen LogP contribution in [0.15, 0.2) is 65.8 Å². The summed E-state index contributed by atoms with van der Waals surface area (Å²) in [6.45, 7) is 14.6. The lowest BCUT2D eigenvalue weighted by molar-refractivity contribution is -0.149. The monoisotopic (exact) mass is 729 g/mol. The number of nitrogens with zero attached hydrogens (tertiary/aromatic N) is 3. The van der Waals surface area contributed by atoms with Gasteiger partial charge in [-0.3, -0.25) is 14.5 Å². The highest BCUT2D eigenvalue weighted by molar-refractivity contribution is 6.91. The molecule has 11 heteroatoms. The number of aliphatic hydroxyl groups is 1. The zero-order chi connectivity index (χ0) is 37.4. The van der Waals surface area contributed by atoms with Crippen LogP contribution in [0.3, 0.4) is 0 Å². The Hall–Kier alpha value is -3.93. The minimum absolute atomic E-state index is 0.0543. The number of amides is 3. The number of rotatable bonds is 12. The molecule has 1 N–H and O–H groups in total. The van der Waals surface area contributed by atoms with Gasteiger partial charge in [-0.1, -0.05) is 60.6 Å².